The van der Waals surface area contributed by atoms with Crippen LogP contribution in [0.2, 0.25) is 0 Å². The minimum absolute atomic E-state index is 0. The fourth-order valence-corrected chi connectivity index (χ4v) is 0. The molecule has 29 valence electrons. The molecule has 0 saturated carbocycles. The van der Waals surface area contributed by atoms with Crippen LogP contribution in [-0.2, 0) is 32.5 Å². The molecule has 0 aromatic heterocycles. The van der Waals surface area contributed by atoms with Crippen LogP contribution in [0, 0.1) is 0 Å². The summed E-state index contributed by atoms with van der Waals surface area (Å²) in [5, 5.41) is 0. The number of hydrogen-bond acceptors (Lipinski definition) is 1. The van der Waals surface area contributed by atoms with Crippen LogP contribution in [0.4, 0.5) is 0 Å². The zero-order valence-electron chi connectivity index (χ0n) is 2.10. The monoisotopic (exact) mass is 131 g/mol. The van der Waals surface area contributed by atoms with Crippen molar-refractivity contribution in [3.05, 3.63) is 0 Å². The van der Waals surface area contributed by atoms with Gasteiger partial charge in [0.25, 0.3) is 0 Å². The van der Waals surface area contributed by atoms with E-state index in [4.69, 9.17) is 4.46 Å². The smallest absolute Gasteiger partial charge is 2.00 e. The Hall–Kier alpha value is 0.456. The summed E-state index contributed by atoms with van der Waals surface area (Å²) in [6, 6.07) is 0. The van der Waals surface area contributed by atoms with Gasteiger partial charge in [0.2, 0.25) is 0 Å². The van der Waals surface area contributed by atoms with E-state index in [-0.39, 0.29) is 28.0 Å². The van der Waals surface area contributed by atoms with Crippen molar-refractivity contribution in [1.82, 2.24) is 0 Å². The van der Waals surface area contributed by atoms with Gasteiger partial charge in [-0.3, -0.25) is 0 Å². The molecule has 0 fully saturated rings. The van der Waals surface area contributed by atoms with Crippen molar-refractivity contribution in [3.63, 3.8) is 0 Å². The minimum Gasteiger partial charge on any atom is -2.00 e. The molecular formula is MnO3Si. The second kappa shape index (κ2) is 256. The summed E-state index contributed by atoms with van der Waals surface area (Å²) in [5.74, 6) is 0. The molecule has 3 nitrogen and oxygen atoms in total. The molecule has 0 aliphatic heterocycles. The van der Waals surface area contributed by atoms with Crippen LogP contribution in [0.25, 0.3) is 0 Å². The van der Waals surface area contributed by atoms with E-state index in [1.54, 1.807) is 10.1 Å². The van der Waals surface area contributed by atoms with Crippen LogP contribution in [0.1, 0.15) is 0 Å². The van der Waals surface area contributed by atoms with Gasteiger partial charge in [0.15, 0.2) is 0 Å². The van der Waals surface area contributed by atoms with Crippen molar-refractivity contribution in [1.29, 1.82) is 0 Å². The fraction of sp³-hybridized carbons (Fsp3) is 0. The van der Waals surface area contributed by atoms with E-state index in [9.17, 15) is 0 Å². The van der Waals surface area contributed by atoms with Gasteiger partial charge in [-0.15, -0.1) is 0 Å². The predicted molar refractivity (Wildman–Crippen MR) is 7.81 cm³/mol. The third-order valence-electron chi connectivity index (χ3n) is 0. The zero-order valence-corrected chi connectivity index (χ0v) is 4.28. The zero-order chi connectivity index (χ0) is 2.00. The first-order chi connectivity index (χ1) is 1.00. The van der Waals surface area contributed by atoms with Gasteiger partial charge in [-0.2, -0.15) is 0 Å². The maximum atomic E-state index is 8.06. The predicted octanol–water partition coefficient (Wildman–Crippen LogP) is -0.740. The first-order valence-electron chi connectivity index (χ1n) is 0.204. The number of hydrogen-bond donors (Lipinski definition) is 0. The van der Waals surface area contributed by atoms with E-state index in [0.29, 0.717) is 0 Å². The summed E-state index contributed by atoms with van der Waals surface area (Å²) >= 11 is 0. The van der Waals surface area contributed by atoms with Crippen LogP contribution in [-0.4, -0.2) is 10.1 Å². The maximum Gasteiger partial charge on any atom is 2.00 e. The molecule has 0 N–H and O–H groups in total. The largest absolute Gasteiger partial charge is 2.00 e. The third-order valence-corrected chi connectivity index (χ3v) is 0. The summed E-state index contributed by atoms with van der Waals surface area (Å²) in [6.07, 6.45) is 0. The van der Waals surface area contributed by atoms with Gasteiger partial charge in [-0.1, -0.05) is 0 Å². The Labute approximate surface area is 43.3 Å². The summed E-state index contributed by atoms with van der Waals surface area (Å²) in [4.78, 5) is 0. The van der Waals surface area contributed by atoms with Crippen LogP contribution < -0.4 is 0 Å². The van der Waals surface area contributed by atoms with Crippen molar-refractivity contribution in [3.8, 4) is 0 Å². The molecular weight excluding hydrogens is 131 g/mol. The van der Waals surface area contributed by atoms with Gasteiger partial charge >= 0.3 is 31.7 Å². The Kier molecular flexibility index (Phi) is 2610. The average molecular weight is 131 g/mol. The molecule has 0 atom stereocenters. The molecule has 5 heteroatoms. The minimum atomic E-state index is 0. The van der Waals surface area contributed by atoms with E-state index in [1.807, 2.05) is 0 Å². The van der Waals surface area contributed by atoms with E-state index in [2.05, 4.69) is 0 Å². The second-order valence-corrected chi connectivity index (χ2v) is 0. The Morgan fingerprint density at radius 2 is 1.00 bits per heavy atom. The van der Waals surface area contributed by atoms with Crippen LogP contribution in [0.5, 0.6) is 0 Å². The normalized spacial score (nSPS) is 1.20. The van der Waals surface area contributed by atoms with E-state index in [0.717, 1.165) is 0 Å². The van der Waals surface area contributed by atoms with E-state index >= 15 is 0 Å². The molecule has 0 amide bonds. The quantitative estimate of drug-likeness (QED) is 0.399. The van der Waals surface area contributed by atoms with Gasteiger partial charge in [-0.05, 0) is 0 Å². The Bertz CT molecular complexity index is 6.85. The van der Waals surface area contributed by atoms with Crippen LogP contribution in [0.15, 0.2) is 0 Å². The Balaban J connectivity index is -0.00000000167. The molecule has 0 spiro atoms. The van der Waals surface area contributed by atoms with Crippen molar-refractivity contribution in [2.24, 2.45) is 0 Å². The van der Waals surface area contributed by atoms with Crippen molar-refractivity contribution >= 4 is 10.1 Å². The molecule has 0 aliphatic carbocycles. The van der Waals surface area contributed by atoms with Crippen molar-refractivity contribution in [2.45, 2.75) is 0 Å². The SMILES string of the molecule is O=[Si+2].[Mn+2].[O-2].[O-2]. The summed E-state index contributed by atoms with van der Waals surface area (Å²) in [7, 11) is 1.72. The molecule has 0 aliphatic rings. The van der Waals surface area contributed by atoms with Gasteiger partial charge in [0.1, 0.15) is 0 Å². The number of rotatable bonds is 0. The summed E-state index contributed by atoms with van der Waals surface area (Å²) < 4.78 is 8.06. The standard InChI is InChI=1S/Mn.OSi.2O/c;1-2;;/q2*+2;2*-2. The van der Waals surface area contributed by atoms with Crippen LogP contribution >= 0.6 is 0 Å². The average Bonchev–Trinajstić information content (AvgIpc) is 1.00. The van der Waals surface area contributed by atoms with Crippen LogP contribution in [0.3, 0.4) is 0 Å². The van der Waals surface area contributed by atoms with Crippen molar-refractivity contribution in [2.75, 3.05) is 0 Å². The topological polar surface area (TPSA) is 74.1 Å². The Morgan fingerprint density at radius 1 is 1.00 bits per heavy atom. The molecule has 0 rings (SSSR count). The molecule has 0 unspecified atom stereocenters. The summed E-state index contributed by atoms with van der Waals surface area (Å²) in [5.41, 5.74) is 0. The van der Waals surface area contributed by atoms with Crippen molar-refractivity contribution < 1.29 is 32.5 Å². The third kappa shape index (κ3) is 129. The molecule has 0 bridgehead atoms. The maximum absolute atomic E-state index is 8.06. The van der Waals surface area contributed by atoms with E-state index < -0.39 is 0 Å². The fourth-order valence-electron chi connectivity index (χ4n) is 0. The molecule has 0 saturated heterocycles. The first-order valence-corrected chi connectivity index (χ1v) is 0.612. The molecule has 0 aromatic rings. The van der Waals surface area contributed by atoms with Gasteiger partial charge in [-0.25, -0.2) is 0 Å². The molecule has 0 aromatic carbocycles. The Morgan fingerprint density at radius 3 is 1.00 bits per heavy atom. The van der Waals surface area contributed by atoms with Gasteiger partial charge < -0.3 is 11.0 Å². The summed E-state index contributed by atoms with van der Waals surface area (Å²) in [6.45, 7) is 0. The molecule has 0 heterocycles. The molecule has 1 radical (unpaired) electrons. The van der Waals surface area contributed by atoms with Gasteiger partial charge in [0.05, 0.1) is 0 Å². The molecule has 5 heavy (non-hydrogen) atoms. The van der Waals surface area contributed by atoms with Gasteiger partial charge in [0, 0.05) is 0 Å². The first kappa shape index (κ1) is 51.1. The second-order valence-electron chi connectivity index (χ2n) is 0. The van der Waals surface area contributed by atoms with E-state index in [1.165, 1.54) is 0 Å².